The zero-order chi connectivity index (χ0) is 14.7. The number of halogens is 1. The molecule has 0 radical (unpaired) electrons. The Kier molecular flexibility index (Phi) is 3.48. The Labute approximate surface area is 122 Å². The Balaban J connectivity index is 1.76. The van der Waals surface area contributed by atoms with Crippen LogP contribution in [0.1, 0.15) is 25.0 Å². The lowest BCUT2D eigenvalue weighted by Gasteiger charge is -2.41. The first-order chi connectivity index (χ1) is 10.2. The van der Waals surface area contributed by atoms with E-state index in [1.54, 1.807) is 24.4 Å². The van der Waals surface area contributed by atoms with Crippen LogP contribution in [0.25, 0.3) is 4.85 Å². The molecule has 6 heteroatoms. The van der Waals surface area contributed by atoms with Crippen LogP contribution in [0, 0.1) is 12.4 Å². The van der Waals surface area contributed by atoms with E-state index < -0.39 is 0 Å². The molecular weight excluding hydrogens is 269 g/mol. The van der Waals surface area contributed by atoms with Gasteiger partial charge in [-0.3, -0.25) is 4.98 Å². The standard InChI is InChI=1S/C15H14FN5/c1-17-12-5-6-13(21-20-12)19-10-15(7-3-8-15)14-11(16)4-2-9-18-14/h2,4-6,9H,3,7-8,10H2,(H,19,21). The highest BCUT2D eigenvalue weighted by Gasteiger charge is 2.41. The molecule has 0 aliphatic heterocycles. The molecule has 106 valence electrons. The average Bonchev–Trinajstić information content (AvgIpc) is 2.48. The first kappa shape index (κ1) is 13.4. The SMILES string of the molecule is [C-]#[N+]c1ccc(NCC2(c3ncccc3F)CCC2)nn1. The summed E-state index contributed by atoms with van der Waals surface area (Å²) >= 11 is 0. The third kappa shape index (κ3) is 2.55. The fourth-order valence-electron chi connectivity index (χ4n) is 2.62. The summed E-state index contributed by atoms with van der Waals surface area (Å²) in [6.45, 7) is 7.40. The van der Waals surface area contributed by atoms with E-state index in [1.165, 1.54) is 6.07 Å². The Morgan fingerprint density at radius 3 is 2.71 bits per heavy atom. The molecule has 5 nitrogen and oxygen atoms in total. The molecule has 0 atom stereocenters. The zero-order valence-corrected chi connectivity index (χ0v) is 11.4. The quantitative estimate of drug-likeness (QED) is 0.876. The monoisotopic (exact) mass is 283 g/mol. The van der Waals surface area contributed by atoms with Crippen molar-refractivity contribution in [1.29, 1.82) is 0 Å². The predicted molar refractivity (Wildman–Crippen MR) is 76.5 cm³/mol. The third-order valence-electron chi connectivity index (χ3n) is 3.94. The molecule has 0 bridgehead atoms. The van der Waals surface area contributed by atoms with Crippen molar-refractivity contribution in [3.63, 3.8) is 0 Å². The normalized spacial score (nSPS) is 15.8. The zero-order valence-electron chi connectivity index (χ0n) is 11.4. The molecule has 1 fully saturated rings. The molecule has 1 aliphatic carbocycles. The number of rotatable bonds is 4. The minimum atomic E-state index is -0.272. The fourth-order valence-corrected chi connectivity index (χ4v) is 2.62. The molecule has 2 aromatic rings. The smallest absolute Gasteiger partial charge is 0.296 e. The van der Waals surface area contributed by atoms with Crippen LogP contribution in [-0.2, 0) is 5.41 Å². The summed E-state index contributed by atoms with van der Waals surface area (Å²) < 4.78 is 14.0. The highest BCUT2D eigenvalue weighted by atomic mass is 19.1. The maximum absolute atomic E-state index is 14.0. The van der Waals surface area contributed by atoms with Gasteiger partial charge in [-0.15, -0.1) is 0 Å². The summed E-state index contributed by atoms with van der Waals surface area (Å²) in [6, 6.07) is 6.37. The van der Waals surface area contributed by atoms with E-state index in [1.807, 2.05) is 0 Å². The molecule has 0 aromatic carbocycles. The second-order valence-electron chi connectivity index (χ2n) is 5.21. The highest BCUT2D eigenvalue weighted by molar-refractivity contribution is 5.42. The molecule has 1 aliphatic rings. The van der Waals surface area contributed by atoms with E-state index in [0.29, 0.717) is 18.1 Å². The van der Waals surface area contributed by atoms with Crippen LogP contribution in [0.2, 0.25) is 0 Å². The number of aromatic nitrogens is 3. The minimum Gasteiger partial charge on any atom is -0.366 e. The largest absolute Gasteiger partial charge is 0.366 e. The van der Waals surface area contributed by atoms with Gasteiger partial charge in [0.2, 0.25) is 0 Å². The molecule has 0 spiro atoms. The van der Waals surface area contributed by atoms with Gasteiger partial charge in [0.1, 0.15) is 5.82 Å². The number of hydrogen-bond donors (Lipinski definition) is 1. The van der Waals surface area contributed by atoms with Gasteiger partial charge in [0, 0.05) is 18.2 Å². The van der Waals surface area contributed by atoms with Crippen molar-refractivity contribution in [3.05, 3.63) is 53.4 Å². The molecule has 3 rings (SSSR count). The predicted octanol–water partition coefficient (Wildman–Crippen LogP) is 3.10. The second kappa shape index (κ2) is 5.44. The summed E-state index contributed by atoms with van der Waals surface area (Å²) in [5.41, 5.74) is 0.250. The van der Waals surface area contributed by atoms with Gasteiger partial charge in [0.05, 0.1) is 5.69 Å². The molecule has 0 amide bonds. The Hall–Kier alpha value is -2.55. The number of nitrogens with one attached hydrogen (secondary N) is 1. The minimum absolute atomic E-state index is 0.256. The van der Waals surface area contributed by atoms with Crippen LogP contribution in [0.4, 0.5) is 16.0 Å². The lowest BCUT2D eigenvalue weighted by molar-refractivity contribution is 0.243. The molecule has 0 saturated heterocycles. The van der Waals surface area contributed by atoms with E-state index in [2.05, 4.69) is 25.3 Å². The molecular formula is C15H14FN5. The van der Waals surface area contributed by atoms with Crippen LogP contribution < -0.4 is 5.32 Å². The van der Waals surface area contributed by atoms with Crippen molar-refractivity contribution in [1.82, 2.24) is 15.2 Å². The molecule has 0 unspecified atom stereocenters. The number of pyridine rings is 1. The average molecular weight is 283 g/mol. The Bertz CT molecular complexity index is 673. The van der Waals surface area contributed by atoms with Gasteiger partial charge in [0.25, 0.3) is 5.82 Å². The maximum Gasteiger partial charge on any atom is 0.296 e. The van der Waals surface area contributed by atoms with Crippen LogP contribution in [0.3, 0.4) is 0 Å². The van der Waals surface area contributed by atoms with E-state index in [9.17, 15) is 4.39 Å². The molecule has 2 aromatic heterocycles. The molecule has 1 saturated carbocycles. The lowest BCUT2D eigenvalue weighted by atomic mass is 9.66. The van der Waals surface area contributed by atoms with Gasteiger partial charge in [-0.2, -0.15) is 0 Å². The van der Waals surface area contributed by atoms with Gasteiger partial charge in [-0.1, -0.05) is 13.0 Å². The van der Waals surface area contributed by atoms with E-state index in [-0.39, 0.29) is 17.1 Å². The first-order valence-electron chi connectivity index (χ1n) is 6.80. The number of anilines is 1. The number of nitrogens with zero attached hydrogens (tertiary/aromatic N) is 4. The molecule has 21 heavy (non-hydrogen) atoms. The van der Waals surface area contributed by atoms with Crippen LogP contribution in [0.15, 0.2) is 30.5 Å². The number of hydrogen-bond acceptors (Lipinski definition) is 4. The van der Waals surface area contributed by atoms with Crippen molar-refractivity contribution in [2.24, 2.45) is 0 Å². The van der Waals surface area contributed by atoms with Crippen molar-refractivity contribution >= 4 is 11.6 Å². The summed E-state index contributed by atoms with van der Waals surface area (Å²) in [7, 11) is 0. The Morgan fingerprint density at radius 1 is 1.29 bits per heavy atom. The maximum atomic E-state index is 14.0. The second-order valence-corrected chi connectivity index (χ2v) is 5.21. The van der Waals surface area contributed by atoms with Crippen LogP contribution >= 0.6 is 0 Å². The lowest BCUT2D eigenvalue weighted by Crippen LogP contribution is -2.42. The molecule has 2 heterocycles. The van der Waals surface area contributed by atoms with E-state index in [4.69, 9.17) is 6.57 Å². The third-order valence-corrected chi connectivity index (χ3v) is 3.94. The van der Waals surface area contributed by atoms with Gasteiger partial charge < -0.3 is 10.2 Å². The summed E-state index contributed by atoms with van der Waals surface area (Å²) in [4.78, 5) is 7.42. The van der Waals surface area contributed by atoms with E-state index >= 15 is 0 Å². The van der Waals surface area contributed by atoms with E-state index in [0.717, 1.165) is 19.3 Å². The molecule has 1 N–H and O–H groups in total. The fraction of sp³-hybridized carbons (Fsp3) is 0.333. The van der Waals surface area contributed by atoms with Crippen molar-refractivity contribution in [3.8, 4) is 0 Å². The van der Waals surface area contributed by atoms with Gasteiger partial charge in [-0.05, 0) is 47.3 Å². The summed E-state index contributed by atoms with van der Waals surface area (Å²) in [6.07, 6.45) is 4.51. The topological polar surface area (TPSA) is 55.1 Å². The van der Waals surface area contributed by atoms with Gasteiger partial charge in [0.15, 0.2) is 5.82 Å². The van der Waals surface area contributed by atoms with Crippen LogP contribution in [0.5, 0.6) is 0 Å². The van der Waals surface area contributed by atoms with Crippen LogP contribution in [-0.4, -0.2) is 21.7 Å². The summed E-state index contributed by atoms with van der Waals surface area (Å²) in [5.74, 6) is 0.591. The Morgan fingerprint density at radius 2 is 2.14 bits per heavy atom. The first-order valence-corrected chi connectivity index (χ1v) is 6.80. The summed E-state index contributed by atoms with van der Waals surface area (Å²) in [5, 5.41) is 10.9. The van der Waals surface area contributed by atoms with Crippen molar-refractivity contribution < 1.29 is 4.39 Å². The van der Waals surface area contributed by atoms with Gasteiger partial charge >= 0.3 is 0 Å². The van der Waals surface area contributed by atoms with Crippen molar-refractivity contribution in [2.45, 2.75) is 24.7 Å². The highest BCUT2D eigenvalue weighted by Crippen LogP contribution is 2.43. The van der Waals surface area contributed by atoms with Crippen molar-refractivity contribution in [2.75, 3.05) is 11.9 Å². The van der Waals surface area contributed by atoms with Gasteiger partial charge in [-0.25, -0.2) is 4.39 Å².